The summed E-state index contributed by atoms with van der Waals surface area (Å²) >= 11 is 0. The second kappa shape index (κ2) is 7.26. The molecule has 0 spiro atoms. The predicted molar refractivity (Wildman–Crippen MR) is 84.8 cm³/mol. The number of nitrogens with one attached hydrogen (secondary N) is 1. The average Bonchev–Trinajstić information content (AvgIpc) is 3.10. The van der Waals surface area contributed by atoms with Gasteiger partial charge in [-0.05, 0) is 43.0 Å². The summed E-state index contributed by atoms with van der Waals surface area (Å²) in [4.78, 5) is 12.0. The van der Waals surface area contributed by atoms with Crippen molar-refractivity contribution in [2.45, 2.75) is 38.6 Å². The standard InChI is InChI=1S/C17H21N3O3/c1-12-4-2-3-5-15(12)19-16(21)10-22-14-8-6-13(7-9-14)17-20-18-11-23-17/h6-9,11-12,15H,2-5,10H2,1H3,(H,19,21)/t12-,15-/m1/s1. The van der Waals surface area contributed by atoms with E-state index in [4.69, 9.17) is 9.15 Å². The Labute approximate surface area is 135 Å². The number of carbonyl (C=O) groups excluding carboxylic acids is 1. The molecule has 1 aliphatic carbocycles. The van der Waals surface area contributed by atoms with Crippen LogP contribution in [0.4, 0.5) is 0 Å². The topological polar surface area (TPSA) is 77.2 Å². The second-order valence-corrected chi connectivity index (χ2v) is 5.99. The van der Waals surface area contributed by atoms with Crippen LogP contribution in [0.1, 0.15) is 32.6 Å². The number of nitrogens with zero attached hydrogens (tertiary/aromatic N) is 2. The molecule has 6 heteroatoms. The van der Waals surface area contributed by atoms with Gasteiger partial charge in [-0.15, -0.1) is 10.2 Å². The first-order chi connectivity index (χ1) is 11.2. The number of carbonyl (C=O) groups is 1. The summed E-state index contributed by atoms with van der Waals surface area (Å²) in [6, 6.07) is 7.50. The molecular weight excluding hydrogens is 294 g/mol. The minimum Gasteiger partial charge on any atom is -0.484 e. The van der Waals surface area contributed by atoms with E-state index in [1.54, 1.807) is 12.1 Å². The summed E-state index contributed by atoms with van der Waals surface area (Å²) in [5.41, 5.74) is 0.815. The van der Waals surface area contributed by atoms with E-state index in [2.05, 4.69) is 22.4 Å². The summed E-state index contributed by atoms with van der Waals surface area (Å²) < 4.78 is 10.7. The van der Waals surface area contributed by atoms with Crippen LogP contribution in [0.25, 0.3) is 11.5 Å². The van der Waals surface area contributed by atoms with E-state index in [1.165, 1.54) is 25.7 Å². The number of rotatable bonds is 5. The van der Waals surface area contributed by atoms with Gasteiger partial charge in [0.2, 0.25) is 12.3 Å². The number of ether oxygens (including phenoxy) is 1. The smallest absolute Gasteiger partial charge is 0.258 e. The van der Waals surface area contributed by atoms with Crippen LogP contribution in [-0.4, -0.2) is 28.8 Å². The fourth-order valence-corrected chi connectivity index (χ4v) is 2.92. The molecule has 0 unspecified atom stereocenters. The quantitative estimate of drug-likeness (QED) is 0.918. The van der Waals surface area contributed by atoms with Gasteiger partial charge in [-0.1, -0.05) is 19.8 Å². The van der Waals surface area contributed by atoms with Crippen LogP contribution in [0.15, 0.2) is 35.1 Å². The SMILES string of the molecule is C[C@@H]1CCCC[C@H]1NC(=O)COc1ccc(-c2nnco2)cc1. The van der Waals surface area contributed by atoms with Crippen LogP contribution in [0.3, 0.4) is 0 Å². The monoisotopic (exact) mass is 315 g/mol. The van der Waals surface area contributed by atoms with Crippen LogP contribution < -0.4 is 10.1 Å². The highest BCUT2D eigenvalue weighted by molar-refractivity contribution is 5.77. The first-order valence-electron chi connectivity index (χ1n) is 8.01. The Balaban J connectivity index is 1.49. The van der Waals surface area contributed by atoms with Crippen LogP contribution in [0.2, 0.25) is 0 Å². The van der Waals surface area contributed by atoms with Crippen molar-refractivity contribution in [3.8, 4) is 17.2 Å². The number of hydrogen-bond acceptors (Lipinski definition) is 5. The summed E-state index contributed by atoms with van der Waals surface area (Å²) in [5.74, 6) is 1.58. The minimum atomic E-state index is -0.0651. The third-order valence-corrected chi connectivity index (χ3v) is 4.29. The van der Waals surface area contributed by atoms with Crippen molar-refractivity contribution in [2.75, 3.05) is 6.61 Å². The normalized spacial score (nSPS) is 20.9. The zero-order valence-electron chi connectivity index (χ0n) is 13.2. The number of aromatic nitrogens is 2. The van der Waals surface area contributed by atoms with E-state index in [1.807, 2.05) is 12.1 Å². The van der Waals surface area contributed by atoms with Crippen molar-refractivity contribution >= 4 is 5.91 Å². The summed E-state index contributed by atoms with van der Waals surface area (Å²) in [6.45, 7) is 2.23. The summed E-state index contributed by atoms with van der Waals surface area (Å²) in [6.07, 6.45) is 5.98. The Hall–Kier alpha value is -2.37. The molecule has 1 N–H and O–H groups in total. The summed E-state index contributed by atoms with van der Waals surface area (Å²) in [5, 5.41) is 10.6. The molecule has 2 aromatic rings. The van der Waals surface area contributed by atoms with Crippen molar-refractivity contribution in [1.82, 2.24) is 15.5 Å². The van der Waals surface area contributed by atoms with Gasteiger partial charge < -0.3 is 14.5 Å². The lowest BCUT2D eigenvalue weighted by Gasteiger charge is -2.29. The molecule has 0 aliphatic heterocycles. The maximum Gasteiger partial charge on any atom is 0.258 e. The molecule has 0 radical (unpaired) electrons. The lowest BCUT2D eigenvalue weighted by atomic mass is 9.86. The molecule has 1 aromatic heterocycles. The Bertz CT molecular complexity index is 625. The molecule has 6 nitrogen and oxygen atoms in total. The first-order valence-corrected chi connectivity index (χ1v) is 8.01. The largest absolute Gasteiger partial charge is 0.484 e. The van der Waals surface area contributed by atoms with Gasteiger partial charge in [-0.2, -0.15) is 0 Å². The molecule has 1 fully saturated rings. The van der Waals surface area contributed by atoms with Crippen molar-refractivity contribution in [2.24, 2.45) is 5.92 Å². The molecule has 2 atom stereocenters. The third-order valence-electron chi connectivity index (χ3n) is 4.29. The molecule has 0 saturated heterocycles. The molecule has 23 heavy (non-hydrogen) atoms. The zero-order valence-corrected chi connectivity index (χ0v) is 13.2. The predicted octanol–water partition coefficient (Wildman–Crippen LogP) is 2.81. The molecule has 3 rings (SSSR count). The van der Waals surface area contributed by atoms with E-state index in [9.17, 15) is 4.79 Å². The van der Waals surface area contributed by atoms with Gasteiger partial charge in [0, 0.05) is 11.6 Å². The van der Waals surface area contributed by atoms with Gasteiger partial charge in [-0.25, -0.2) is 0 Å². The third kappa shape index (κ3) is 4.09. The Morgan fingerprint density at radius 1 is 1.30 bits per heavy atom. The van der Waals surface area contributed by atoms with Crippen molar-refractivity contribution in [3.63, 3.8) is 0 Å². The van der Waals surface area contributed by atoms with Crippen LogP contribution in [0, 0.1) is 5.92 Å². The van der Waals surface area contributed by atoms with Crippen LogP contribution in [-0.2, 0) is 4.79 Å². The zero-order chi connectivity index (χ0) is 16.1. The number of benzene rings is 1. The number of amides is 1. The molecule has 1 heterocycles. The van der Waals surface area contributed by atoms with Crippen molar-refractivity contribution in [1.29, 1.82) is 0 Å². The highest BCUT2D eigenvalue weighted by Gasteiger charge is 2.22. The lowest BCUT2D eigenvalue weighted by Crippen LogP contribution is -2.43. The van der Waals surface area contributed by atoms with Gasteiger partial charge in [0.25, 0.3) is 5.91 Å². The maximum atomic E-state index is 12.0. The number of hydrogen-bond donors (Lipinski definition) is 1. The highest BCUT2D eigenvalue weighted by Crippen LogP contribution is 2.24. The lowest BCUT2D eigenvalue weighted by molar-refractivity contribution is -0.124. The van der Waals surface area contributed by atoms with Gasteiger partial charge in [0.15, 0.2) is 6.61 Å². The maximum absolute atomic E-state index is 12.0. The first kappa shape index (κ1) is 15.5. The average molecular weight is 315 g/mol. The second-order valence-electron chi connectivity index (χ2n) is 5.99. The van der Waals surface area contributed by atoms with E-state index in [-0.39, 0.29) is 18.6 Å². The van der Waals surface area contributed by atoms with Gasteiger partial charge in [0.1, 0.15) is 5.75 Å². The molecular formula is C17H21N3O3. The molecule has 1 saturated carbocycles. The highest BCUT2D eigenvalue weighted by atomic mass is 16.5. The molecule has 1 aromatic carbocycles. The molecule has 1 amide bonds. The van der Waals surface area contributed by atoms with E-state index >= 15 is 0 Å². The minimum absolute atomic E-state index is 0.0309. The molecule has 122 valence electrons. The Morgan fingerprint density at radius 2 is 2.09 bits per heavy atom. The van der Waals surface area contributed by atoms with Crippen LogP contribution in [0.5, 0.6) is 5.75 Å². The van der Waals surface area contributed by atoms with E-state index < -0.39 is 0 Å². The van der Waals surface area contributed by atoms with Gasteiger partial charge in [-0.3, -0.25) is 4.79 Å². The van der Waals surface area contributed by atoms with E-state index in [0.29, 0.717) is 17.6 Å². The Kier molecular flexibility index (Phi) is 4.90. The summed E-state index contributed by atoms with van der Waals surface area (Å²) in [7, 11) is 0. The van der Waals surface area contributed by atoms with E-state index in [0.717, 1.165) is 12.0 Å². The van der Waals surface area contributed by atoms with Gasteiger partial charge >= 0.3 is 0 Å². The van der Waals surface area contributed by atoms with Crippen molar-refractivity contribution < 1.29 is 13.9 Å². The Morgan fingerprint density at radius 3 is 2.78 bits per heavy atom. The van der Waals surface area contributed by atoms with Crippen molar-refractivity contribution in [3.05, 3.63) is 30.7 Å². The molecule has 0 bridgehead atoms. The van der Waals surface area contributed by atoms with Gasteiger partial charge in [0.05, 0.1) is 0 Å². The molecule has 1 aliphatic rings. The van der Waals surface area contributed by atoms with Crippen LogP contribution >= 0.6 is 0 Å². The fraction of sp³-hybridized carbons (Fsp3) is 0.471. The fourth-order valence-electron chi connectivity index (χ4n) is 2.92.